The number of hydrogen-bond donors (Lipinski definition) is 1. The second-order valence-corrected chi connectivity index (χ2v) is 4.20. The molecule has 0 unspecified atom stereocenters. The Morgan fingerprint density at radius 2 is 2.26 bits per heavy atom. The lowest BCUT2D eigenvalue weighted by atomic mass is 10.1. The second kappa shape index (κ2) is 5.66. The van der Waals surface area contributed by atoms with Crippen LogP contribution in [0.4, 0.5) is 5.69 Å². The molecule has 1 heterocycles. The fourth-order valence-corrected chi connectivity index (χ4v) is 2.01. The highest BCUT2D eigenvalue weighted by Gasteiger charge is 2.35. The van der Waals surface area contributed by atoms with E-state index in [1.165, 1.54) is 19.2 Å². The van der Waals surface area contributed by atoms with Gasteiger partial charge < -0.3 is 14.8 Å². The van der Waals surface area contributed by atoms with Crippen LogP contribution < -0.4 is 10.1 Å². The van der Waals surface area contributed by atoms with E-state index in [0.717, 1.165) is 0 Å². The number of nitro benzene ring substituents is 1. The number of benzene rings is 1. The molecule has 1 aromatic rings. The van der Waals surface area contributed by atoms with E-state index in [1.807, 2.05) is 0 Å². The molecular weight excluding hydrogens is 252 g/mol. The minimum absolute atomic E-state index is 0.0434. The summed E-state index contributed by atoms with van der Waals surface area (Å²) in [5.74, 6) is -0.374. The molecule has 1 aliphatic rings. The maximum absolute atomic E-state index is 11.5. The van der Waals surface area contributed by atoms with Crippen molar-refractivity contribution in [2.24, 2.45) is 5.92 Å². The largest absolute Gasteiger partial charge is 0.488 e. The van der Waals surface area contributed by atoms with Gasteiger partial charge in [-0.25, -0.2) is 0 Å². The maximum atomic E-state index is 11.5. The van der Waals surface area contributed by atoms with Gasteiger partial charge in [-0.2, -0.15) is 0 Å². The molecule has 0 amide bonds. The molecular formula is C12H14N2O5. The van der Waals surface area contributed by atoms with Crippen LogP contribution in [0.2, 0.25) is 0 Å². The number of nitrogens with one attached hydrogen (secondary N) is 1. The lowest BCUT2D eigenvalue weighted by molar-refractivity contribution is -0.384. The number of carbonyl (C=O) groups excluding carboxylic acids is 1. The maximum Gasteiger partial charge on any atom is 0.313 e. The van der Waals surface area contributed by atoms with Crippen LogP contribution in [0.3, 0.4) is 0 Å². The number of rotatable bonds is 4. The molecule has 1 saturated heterocycles. The van der Waals surface area contributed by atoms with Crippen LogP contribution in [0.5, 0.6) is 5.75 Å². The Morgan fingerprint density at radius 1 is 1.47 bits per heavy atom. The molecule has 1 aromatic carbocycles. The quantitative estimate of drug-likeness (QED) is 0.491. The topological polar surface area (TPSA) is 90.7 Å². The van der Waals surface area contributed by atoms with Crippen molar-refractivity contribution in [3.05, 3.63) is 34.4 Å². The monoisotopic (exact) mass is 266 g/mol. The second-order valence-electron chi connectivity index (χ2n) is 4.20. The average molecular weight is 266 g/mol. The van der Waals surface area contributed by atoms with Gasteiger partial charge in [0.25, 0.3) is 5.69 Å². The summed E-state index contributed by atoms with van der Waals surface area (Å²) >= 11 is 0. The number of nitro groups is 1. The van der Waals surface area contributed by atoms with Crippen molar-refractivity contribution in [3.63, 3.8) is 0 Å². The zero-order chi connectivity index (χ0) is 13.8. The van der Waals surface area contributed by atoms with E-state index < -0.39 is 10.8 Å². The predicted molar refractivity (Wildman–Crippen MR) is 65.9 cm³/mol. The van der Waals surface area contributed by atoms with E-state index in [0.29, 0.717) is 18.8 Å². The highest BCUT2D eigenvalue weighted by molar-refractivity contribution is 5.73. The van der Waals surface area contributed by atoms with Gasteiger partial charge in [0.1, 0.15) is 17.8 Å². The predicted octanol–water partition coefficient (Wildman–Crippen LogP) is 0.735. The average Bonchev–Trinajstić information content (AvgIpc) is 2.86. The first-order chi connectivity index (χ1) is 9.11. The van der Waals surface area contributed by atoms with Crippen molar-refractivity contribution in [2.75, 3.05) is 20.2 Å². The zero-order valence-corrected chi connectivity index (χ0v) is 10.4. The molecule has 0 radical (unpaired) electrons. The molecule has 19 heavy (non-hydrogen) atoms. The van der Waals surface area contributed by atoms with Gasteiger partial charge in [-0.1, -0.05) is 6.07 Å². The Kier molecular flexibility index (Phi) is 3.96. The molecule has 0 spiro atoms. The lowest BCUT2D eigenvalue weighted by Gasteiger charge is -2.18. The van der Waals surface area contributed by atoms with Crippen LogP contribution in [0.25, 0.3) is 0 Å². The molecule has 2 atom stereocenters. The van der Waals surface area contributed by atoms with Gasteiger partial charge in [0.05, 0.1) is 18.1 Å². The summed E-state index contributed by atoms with van der Waals surface area (Å²) in [7, 11) is 1.32. The molecule has 1 aliphatic heterocycles. The number of non-ortho nitro benzene ring substituents is 1. The Morgan fingerprint density at radius 3 is 2.95 bits per heavy atom. The van der Waals surface area contributed by atoms with E-state index >= 15 is 0 Å². The standard InChI is InChI=1S/C12H14N2O5/c1-18-12(15)10-6-13-7-11(10)19-9-4-2-3-8(5-9)14(16)17/h2-5,10-11,13H,6-7H2,1H3/t10-,11-/m0/s1. The molecule has 2 rings (SSSR count). The number of esters is 1. The van der Waals surface area contributed by atoms with Crippen molar-refractivity contribution in [2.45, 2.75) is 6.10 Å². The first-order valence-corrected chi connectivity index (χ1v) is 5.81. The van der Waals surface area contributed by atoms with Crippen molar-refractivity contribution in [1.82, 2.24) is 5.32 Å². The molecule has 7 heteroatoms. The fourth-order valence-electron chi connectivity index (χ4n) is 2.01. The molecule has 0 saturated carbocycles. The summed E-state index contributed by atoms with van der Waals surface area (Å²) in [5, 5.41) is 13.7. The van der Waals surface area contributed by atoms with E-state index in [9.17, 15) is 14.9 Å². The molecule has 7 nitrogen and oxygen atoms in total. The normalized spacial score (nSPS) is 21.9. The number of methoxy groups -OCH3 is 1. The first kappa shape index (κ1) is 13.3. The van der Waals surface area contributed by atoms with Crippen molar-refractivity contribution >= 4 is 11.7 Å². The molecule has 0 aromatic heterocycles. The van der Waals surface area contributed by atoms with Crippen LogP contribution in [0.15, 0.2) is 24.3 Å². The van der Waals surface area contributed by atoms with Crippen molar-refractivity contribution in [1.29, 1.82) is 0 Å². The smallest absolute Gasteiger partial charge is 0.313 e. The minimum atomic E-state index is -0.489. The van der Waals surface area contributed by atoms with Crippen molar-refractivity contribution < 1.29 is 19.2 Å². The first-order valence-electron chi connectivity index (χ1n) is 5.81. The molecule has 1 N–H and O–H groups in total. The minimum Gasteiger partial charge on any atom is -0.488 e. The summed E-state index contributed by atoms with van der Waals surface area (Å²) in [6.07, 6.45) is -0.380. The summed E-state index contributed by atoms with van der Waals surface area (Å²) in [5.41, 5.74) is -0.0434. The number of hydrogen-bond acceptors (Lipinski definition) is 6. The van der Waals surface area contributed by atoms with Crippen LogP contribution in [0.1, 0.15) is 0 Å². The highest BCUT2D eigenvalue weighted by atomic mass is 16.6. The van der Waals surface area contributed by atoms with Gasteiger partial charge in [-0.3, -0.25) is 14.9 Å². The van der Waals surface area contributed by atoms with Crippen LogP contribution in [-0.4, -0.2) is 37.2 Å². The van der Waals surface area contributed by atoms with Gasteiger partial charge >= 0.3 is 5.97 Å². The van der Waals surface area contributed by atoms with Crippen LogP contribution in [-0.2, 0) is 9.53 Å². The van der Waals surface area contributed by atoms with Crippen LogP contribution >= 0.6 is 0 Å². The fraction of sp³-hybridized carbons (Fsp3) is 0.417. The third kappa shape index (κ3) is 3.00. The van der Waals surface area contributed by atoms with E-state index in [1.54, 1.807) is 12.1 Å². The van der Waals surface area contributed by atoms with E-state index in [-0.39, 0.29) is 17.8 Å². The third-order valence-electron chi connectivity index (χ3n) is 2.98. The van der Waals surface area contributed by atoms with Gasteiger partial charge in [-0.15, -0.1) is 0 Å². The van der Waals surface area contributed by atoms with Crippen LogP contribution in [0, 0.1) is 16.0 Å². The molecule has 102 valence electrons. The van der Waals surface area contributed by atoms with E-state index in [4.69, 9.17) is 9.47 Å². The SMILES string of the molecule is COC(=O)[C@H]1CNC[C@@H]1Oc1cccc([N+](=O)[O-])c1. The van der Waals surface area contributed by atoms with Gasteiger partial charge in [0.2, 0.25) is 0 Å². The lowest BCUT2D eigenvalue weighted by Crippen LogP contribution is -2.32. The number of nitrogens with zero attached hydrogens (tertiary/aromatic N) is 1. The Balaban J connectivity index is 2.10. The van der Waals surface area contributed by atoms with Crippen molar-refractivity contribution in [3.8, 4) is 5.75 Å². The Labute approximate surface area is 109 Å². The summed E-state index contributed by atoms with van der Waals surface area (Å²) in [6.45, 7) is 0.981. The highest BCUT2D eigenvalue weighted by Crippen LogP contribution is 2.23. The molecule has 0 aliphatic carbocycles. The third-order valence-corrected chi connectivity index (χ3v) is 2.98. The summed E-state index contributed by atoms with van der Waals surface area (Å²) in [6, 6.07) is 5.90. The van der Waals surface area contributed by atoms with E-state index in [2.05, 4.69) is 5.32 Å². The zero-order valence-electron chi connectivity index (χ0n) is 10.4. The molecule has 1 fully saturated rings. The number of ether oxygens (including phenoxy) is 2. The Hall–Kier alpha value is -2.15. The van der Waals surface area contributed by atoms with Gasteiger partial charge in [-0.05, 0) is 6.07 Å². The Bertz CT molecular complexity index is 491. The number of carbonyl (C=O) groups is 1. The summed E-state index contributed by atoms with van der Waals surface area (Å²) in [4.78, 5) is 21.7. The van der Waals surface area contributed by atoms with Gasteiger partial charge in [0.15, 0.2) is 0 Å². The summed E-state index contributed by atoms with van der Waals surface area (Å²) < 4.78 is 10.3. The molecule has 0 bridgehead atoms. The van der Waals surface area contributed by atoms with Gasteiger partial charge in [0, 0.05) is 19.2 Å².